The highest BCUT2D eigenvalue weighted by Gasteiger charge is 2.38. The summed E-state index contributed by atoms with van der Waals surface area (Å²) in [5.74, 6) is -5.58. The molecule has 4 N–H and O–H groups in total. The summed E-state index contributed by atoms with van der Waals surface area (Å²) in [7, 11) is 0. The topological polar surface area (TPSA) is 129 Å². The zero-order valence-corrected chi connectivity index (χ0v) is 23.2. The van der Waals surface area contributed by atoms with Crippen LogP contribution >= 0.6 is 0 Å². The molecule has 0 spiro atoms. The van der Waals surface area contributed by atoms with Crippen LogP contribution in [0.1, 0.15) is 40.0 Å². The Kier molecular flexibility index (Phi) is 12.2. The zero-order valence-electron chi connectivity index (χ0n) is 23.2. The number of aromatic nitrogens is 1. The third-order valence-electron chi connectivity index (χ3n) is 5.85. The van der Waals surface area contributed by atoms with Gasteiger partial charge in [0.25, 0.3) is 5.91 Å². The third kappa shape index (κ3) is 10.9. The average molecular weight is 624 g/mol. The van der Waals surface area contributed by atoms with Gasteiger partial charge in [-0.25, -0.2) is 9.59 Å². The Hall–Kier alpha value is -5.14. The summed E-state index contributed by atoms with van der Waals surface area (Å²) in [6.07, 6.45) is -6.61. The third-order valence-corrected chi connectivity index (χ3v) is 5.85. The maximum atomic E-state index is 13.1. The Labute approximate surface area is 247 Å². The van der Waals surface area contributed by atoms with Crippen molar-refractivity contribution in [3.8, 4) is 0 Å². The molecule has 44 heavy (non-hydrogen) atoms. The van der Waals surface area contributed by atoms with E-state index in [2.05, 4.69) is 39.9 Å². The maximum absolute atomic E-state index is 13.1. The van der Waals surface area contributed by atoms with Crippen LogP contribution in [0.15, 0.2) is 85.2 Å². The molecule has 0 saturated heterocycles. The van der Waals surface area contributed by atoms with Crippen molar-refractivity contribution in [1.29, 1.82) is 0 Å². The number of hydrogen-bond acceptors (Lipinski definition) is 5. The number of carbonyl (C=O) groups is 3. The number of fused-ring (bicyclic) bond motifs is 1. The van der Waals surface area contributed by atoms with Crippen LogP contribution in [0, 0.1) is 6.92 Å². The highest BCUT2D eigenvalue weighted by molar-refractivity contribution is 5.97. The monoisotopic (exact) mass is 623 g/mol. The van der Waals surface area contributed by atoms with E-state index in [0.717, 1.165) is 27.8 Å². The Bertz CT molecular complexity index is 1550. The van der Waals surface area contributed by atoms with Gasteiger partial charge in [-0.3, -0.25) is 9.78 Å². The highest BCUT2D eigenvalue weighted by atomic mass is 19.4. The number of rotatable bonds is 6. The second kappa shape index (κ2) is 15.4. The Morgan fingerprint density at radius 3 is 1.93 bits per heavy atom. The minimum absolute atomic E-state index is 0.0690. The van der Waals surface area contributed by atoms with Crippen molar-refractivity contribution >= 4 is 34.3 Å². The molecular weight excluding hydrogens is 596 g/mol. The number of halogens is 6. The molecule has 4 rings (SSSR count). The minimum atomic E-state index is -5.08. The second-order valence-corrected chi connectivity index (χ2v) is 9.11. The van der Waals surface area contributed by atoms with Crippen LogP contribution in [0.25, 0.3) is 10.8 Å². The predicted molar refractivity (Wildman–Crippen MR) is 150 cm³/mol. The van der Waals surface area contributed by atoms with Crippen LogP contribution in [-0.2, 0) is 16.1 Å². The van der Waals surface area contributed by atoms with E-state index in [9.17, 15) is 31.1 Å². The van der Waals surface area contributed by atoms with Crippen molar-refractivity contribution in [3.63, 3.8) is 0 Å². The summed E-state index contributed by atoms with van der Waals surface area (Å²) in [6, 6.07) is 24.2. The number of carboxylic acids is 2. The average Bonchev–Trinajstić information content (AvgIpc) is 2.96. The first-order valence-electron chi connectivity index (χ1n) is 12.6. The lowest BCUT2D eigenvalue weighted by molar-refractivity contribution is -0.193. The van der Waals surface area contributed by atoms with Gasteiger partial charge >= 0.3 is 24.3 Å². The van der Waals surface area contributed by atoms with Crippen molar-refractivity contribution < 1.29 is 50.9 Å². The molecule has 0 aliphatic heterocycles. The summed E-state index contributed by atoms with van der Waals surface area (Å²) in [4.78, 5) is 34.9. The van der Waals surface area contributed by atoms with Crippen LogP contribution in [0.5, 0.6) is 0 Å². The molecule has 1 atom stereocenters. The summed E-state index contributed by atoms with van der Waals surface area (Å²) >= 11 is 0. The number of nitrogens with zero attached hydrogens (tertiary/aromatic N) is 1. The van der Waals surface area contributed by atoms with Gasteiger partial charge in [-0.05, 0) is 65.6 Å². The fraction of sp³-hybridized carbons (Fsp3) is 0.200. The number of nitrogens with one attached hydrogen (secondary N) is 2. The molecule has 1 heterocycles. The molecule has 4 aromatic rings. The van der Waals surface area contributed by atoms with E-state index in [4.69, 9.17) is 19.8 Å². The molecule has 1 amide bonds. The Balaban J connectivity index is 0.000000402. The van der Waals surface area contributed by atoms with Crippen LogP contribution in [-0.4, -0.2) is 45.4 Å². The molecule has 0 bridgehead atoms. The van der Waals surface area contributed by atoms with Crippen LogP contribution in [0.3, 0.4) is 0 Å². The van der Waals surface area contributed by atoms with Crippen molar-refractivity contribution in [2.45, 2.75) is 38.8 Å². The van der Waals surface area contributed by atoms with Gasteiger partial charge in [-0.2, -0.15) is 26.3 Å². The van der Waals surface area contributed by atoms with Crippen molar-refractivity contribution in [2.24, 2.45) is 0 Å². The van der Waals surface area contributed by atoms with Gasteiger partial charge < -0.3 is 20.8 Å². The van der Waals surface area contributed by atoms with Crippen LogP contribution in [0.2, 0.25) is 0 Å². The lowest BCUT2D eigenvalue weighted by Crippen LogP contribution is -2.27. The Morgan fingerprint density at radius 2 is 1.36 bits per heavy atom. The summed E-state index contributed by atoms with van der Waals surface area (Å²) in [6.45, 7) is 4.67. The first-order valence-corrected chi connectivity index (χ1v) is 12.6. The number of pyridine rings is 1. The van der Waals surface area contributed by atoms with Crippen LogP contribution in [0.4, 0.5) is 32.0 Å². The molecule has 0 fully saturated rings. The molecule has 14 heteroatoms. The number of benzene rings is 3. The molecule has 1 aromatic heterocycles. The quantitative estimate of drug-likeness (QED) is 0.172. The molecule has 3 aromatic carbocycles. The van der Waals surface area contributed by atoms with E-state index in [-0.39, 0.29) is 11.9 Å². The number of amides is 1. The normalized spacial score (nSPS) is 11.6. The fourth-order valence-corrected chi connectivity index (χ4v) is 3.66. The van der Waals surface area contributed by atoms with E-state index >= 15 is 0 Å². The van der Waals surface area contributed by atoms with E-state index in [0.29, 0.717) is 12.1 Å². The van der Waals surface area contributed by atoms with Crippen molar-refractivity contribution in [2.75, 3.05) is 5.32 Å². The smallest absolute Gasteiger partial charge is 0.475 e. The van der Waals surface area contributed by atoms with Gasteiger partial charge in [0.05, 0.1) is 6.04 Å². The number of alkyl halides is 6. The second-order valence-electron chi connectivity index (χ2n) is 9.11. The van der Waals surface area contributed by atoms with Gasteiger partial charge in [0.15, 0.2) is 0 Å². The zero-order chi connectivity index (χ0) is 33.1. The molecule has 0 unspecified atom stereocenters. The number of anilines is 1. The first-order chi connectivity index (χ1) is 20.5. The number of hydrogen-bond donors (Lipinski definition) is 4. The van der Waals surface area contributed by atoms with E-state index < -0.39 is 24.3 Å². The number of aliphatic carboxylic acids is 2. The summed E-state index contributed by atoms with van der Waals surface area (Å²) < 4.78 is 63.5. The fourth-order valence-electron chi connectivity index (χ4n) is 3.66. The standard InChI is InChI=1S/C26H25N3O.2C2HF3O2/c1-18-10-11-22(28-17-20-12-14-27-15-13-20)16-25(18)26(30)29-19(2)23-9-5-7-21-6-3-4-8-24(21)23;2*3-2(4,5)1(6)7/h3-16,19,28H,17H2,1-2H3,(H,29,30);2*(H,6,7)/t19-;;/m1../s1. The number of carboxylic acid groups (broad SMARTS) is 2. The van der Waals surface area contributed by atoms with E-state index in [1.807, 2.05) is 62.4 Å². The summed E-state index contributed by atoms with van der Waals surface area (Å²) in [5, 5.41) is 23.1. The van der Waals surface area contributed by atoms with Gasteiger partial charge in [0.1, 0.15) is 0 Å². The van der Waals surface area contributed by atoms with Crippen LogP contribution < -0.4 is 10.6 Å². The highest BCUT2D eigenvalue weighted by Crippen LogP contribution is 2.25. The van der Waals surface area contributed by atoms with Crippen molar-refractivity contribution in [3.05, 3.63) is 107 Å². The van der Waals surface area contributed by atoms with E-state index in [1.165, 1.54) is 5.39 Å². The molecule has 0 aliphatic carbocycles. The molecule has 0 aliphatic rings. The minimum Gasteiger partial charge on any atom is -0.475 e. The van der Waals surface area contributed by atoms with Crippen molar-refractivity contribution in [1.82, 2.24) is 10.3 Å². The number of aryl methyl sites for hydroxylation is 1. The lowest BCUT2D eigenvalue weighted by atomic mass is 9.99. The Morgan fingerprint density at radius 1 is 0.818 bits per heavy atom. The molecule has 0 saturated carbocycles. The van der Waals surface area contributed by atoms with Gasteiger partial charge in [0.2, 0.25) is 0 Å². The maximum Gasteiger partial charge on any atom is 0.490 e. The first kappa shape index (κ1) is 35.1. The van der Waals surface area contributed by atoms with Gasteiger partial charge in [-0.15, -0.1) is 0 Å². The number of carbonyl (C=O) groups excluding carboxylic acids is 1. The SMILES string of the molecule is Cc1ccc(NCc2ccncc2)cc1C(=O)N[C@H](C)c1cccc2ccccc12.O=C(O)C(F)(F)F.O=C(O)C(F)(F)F. The largest absolute Gasteiger partial charge is 0.490 e. The van der Waals surface area contributed by atoms with Gasteiger partial charge in [0, 0.05) is 30.2 Å². The molecule has 8 nitrogen and oxygen atoms in total. The molecule has 234 valence electrons. The molecular formula is C30H27F6N3O5. The van der Waals surface area contributed by atoms with E-state index in [1.54, 1.807) is 12.4 Å². The van der Waals surface area contributed by atoms with Gasteiger partial charge in [-0.1, -0.05) is 48.5 Å². The predicted octanol–water partition coefficient (Wildman–Crippen LogP) is 6.91. The molecule has 0 radical (unpaired) electrons. The lowest BCUT2D eigenvalue weighted by Gasteiger charge is -2.18. The summed E-state index contributed by atoms with van der Waals surface area (Å²) in [5.41, 5.74) is 4.81.